The highest BCUT2D eigenvalue weighted by Crippen LogP contribution is 2.05. The second-order valence-electron chi connectivity index (χ2n) is 1.91. The van der Waals surface area contributed by atoms with Crippen molar-refractivity contribution < 1.29 is 8.81 Å². The van der Waals surface area contributed by atoms with Gasteiger partial charge in [-0.25, -0.2) is 0 Å². The first kappa shape index (κ1) is 7.77. The van der Waals surface area contributed by atoms with Gasteiger partial charge in [0.05, 0.1) is 6.67 Å². The van der Waals surface area contributed by atoms with Gasteiger partial charge in [0.1, 0.15) is 0 Å². The Balaban J connectivity index is 2.27. The molecule has 3 N–H and O–H groups in total. The molecule has 11 heavy (non-hydrogen) atoms. The molecule has 0 aliphatic rings. The Labute approximate surface area is 62.8 Å². The molecule has 1 aromatic rings. The first-order chi connectivity index (χ1) is 5.33. The molecule has 0 aliphatic heterocycles. The summed E-state index contributed by atoms with van der Waals surface area (Å²) in [6.07, 6.45) is 0.419. The van der Waals surface area contributed by atoms with E-state index in [4.69, 9.17) is 10.2 Å². The highest BCUT2D eigenvalue weighted by Gasteiger charge is 1.99. The maximum atomic E-state index is 11.6. The fourth-order valence-corrected chi connectivity index (χ4v) is 0.568. The number of anilines is 2. The van der Waals surface area contributed by atoms with Gasteiger partial charge in [-0.3, -0.25) is 4.39 Å². The Bertz CT molecular complexity index is 214. The molecule has 0 spiro atoms. The summed E-state index contributed by atoms with van der Waals surface area (Å²) in [6, 6.07) is 0.240. The molecule has 0 radical (unpaired) electrons. The second-order valence-corrected chi connectivity index (χ2v) is 1.91. The molecule has 62 valence electrons. The fourth-order valence-electron chi connectivity index (χ4n) is 0.568. The van der Waals surface area contributed by atoms with Crippen LogP contribution in [0.5, 0.6) is 0 Å². The van der Waals surface area contributed by atoms with Gasteiger partial charge in [0, 0.05) is 6.54 Å². The monoisotopic (exact) mass is 160 g/mol. The number of nitrogens with one attached hydrogen (secondary N) is 1. The van der Waals surface area contributed by atoms with Crippen LogP contribution in [-0.2, 0) is 0 Å². The van der Waals surface area contributed by atoms with Crippen molar-refractivity contribution in [2.24, 2.45) is 0 Å². The SMILES string of the molecule is Nc1nnc(NCCCF)o1. The normalized spacial score (nSPS) is 9.91. The number of alkyl halides is 1. The van der Waals surface area contributed by atoms with Gasteiger partial charge < -0.3 is 15.5 Å². The molecule has 0 aliphatic carbocycles. The maximum absolute atomic E-state index is 11.6. The highest BCUT2D eigenvalue weighted by molar-refractivity contribution is 5.21. The zero-order valence-corrected chi connectivity index (χ0v) is 5.88. The number of hydrogen-bond donors (Lipinski definition) is 2. The summed E-state index contributed by atoms with van der Waals surface area (Å²) in [5.41, 5.74) is 5.13. The van der Waals surface area contributed by atoms with Crippen LogP contribution in [0, 0.1) is 0 Å². The molecule has 0 amide bonds. The first-order valence-corrected chi connectivity index (χ1v) is 3.21. The number of halogens is 1. The Kier molecular flexibility index (Phi) is 2.65. The van der Waals surface area contributed by atoms with Gasteiger partial charge >= 0.3 is 12.0 Å². The number of aromatic nitrogens is 2. The van der Waals surface area contributed by atoms with Gasteiger partial charge in [-0.15, -0.1) is 0 Å². The van der Waals surface area contributed by atoms with Crippen molar-refractivity contribution in [3.05, 3.63) is 0 Å². The van der Waals surface area contributed by atoms with E-state index in [1.165, 1.54) is 0 Å². The molecule has 1 aromatic heterocycles. The van der Waals surface area contributed by atoms with Crippen molar-refractivity contribution in [1.82, 2.24) is 10.2 Å². The third kappa shape index (κ3) is 2.40. The summed E-state index contributed by atoms with van der Waals surface area (Å²) in [6.45, 7) is 0.106. The summed E-state index contributed by atoms with van der Waals surface area (Å²) < 4.78 is 16.3. The van der Waals surface area contributed by atoms with Crippen molar-refractivity contribution in [2.45, 2.75) is 6.42 Å². The van der Waals surface area contributed by atoms with Gasteiger partial charge in [-0.1, -0.05) is 10.2 Å². The van der Waals surface area contributed by atoms with Gasteiger partial charge in [-0.05, 0) is 6.42 Å². The minimum absolute atomic E-state index is 0.00717. The number of rotatable bonds is 4. The van der Waals surface area contributed by atoms with E-state index in [-0.39, 0.29) is 18.7 Å². The van der Waals surface area contributed by atoms with Crippen LogP contribution in [0.2, 0.25) is 0 Å². The van der Waals surface area contributed by atoms with E-state index in [0.29, 0.717) is 13.0 Å². The first-order valence-electron chi connectivity index (χ1n) is 3.21. The lowest BCUT2D eigenvalue weighted by molar-refractivity contribution is 0.478. The Morgan fingerprint density at radius 3 is 2.91 bits per heavy atom. The minimum Gasteiger partial charge on any atom is -0.390 e. The predicted molar refractivity (Wildman–Crippen MR) is 37.8 cm³/mol. The van der Waals surface area contributed by atoms with E-state index in [0.717, 1.165) is 0 Å². The Hall–Kier alpha value is -1.33. The number of nitrogens with zero attached hydrogens (tertiary/aromatic N) is 2. The quantitative estimate of drug-likeness (QED) is 0.624. The highest BCUT2D eigenvalue weighted by atomic mass is 19.1. The molecule has 0 fully saturated rings. The van der Waals surface area contributed by atoms with Crippen LogP contribution in [0.25, 0.3) is 0 Å². The molecule has 0 unspecified atom stereocenters. The van der Waals surface area contributed by atoms with E-state index in [2.05, 4.69) is 15.5 Å². The summed E-state index contributed by atoms with van der Waals surface area (Å²) in [7, 11) is 0. The Morgan fingerprint density at radius 1 is 1.55 bits per heavy atom. The van der Waals surface area contributed by atoms with Gasteiger partial charge in [-0.2, -0.15) is 0 Å². The number of nitrogens with two attached hydrogens (primary N) is 1. The lowest BCUT2D eigenvalue weighted by Gasteiger charge is -1.95. The summed E-state index contributed by atoms with van der Waals surface area (Å²) in [5, 5.41) is 9.62. The average molecular weight is 160 g/mol. The summed E-state index contributed by atoms with van der Waals surface area (Å²) in [5.74, 6) is 0. The molecule has 0 atom stereocenters. The number of hydrogen-bond acceptors (Lipinski definition) is 5. The molecule has 0 saturated heterocycles. The average Bonchev–Trinajstić information content (AvgIpc) is 2.37. The van der Waals surface area contributed by atoms with Crippen LogP contribution in [0.3, 0.4) is 0 Å². The smallest absolute Gasteiger partial charge is 0.316 e. The number of nitrogen functional groups attached to an aromatic ring is 1. The topological polar surface area (TPSA) is 77.0 Å². The van der Waals surface area contributed by atoms with Crippen LogP contribution in [-0.4, -0.2) is 23.4 Å². The molecule has 1 heterocycles. The second kappa shape index (κ2) is 3.75. The molecular formula is C5H9FN4O. The molecule has 1 rings (SSSR count). The maximum Gasteiger partial charge on any atom is 0.316 e. The third-order valence-corrected chi connectivity index (χ3v) is 1.03. The lowest BCUT2D eigenvalue weighted by atomic mass is 10.5. The van der Waals surface area contributed by atoms with Gasteiger partial charge in [0.2, 0.25) is 0 Å². The van der Waals surface area contributed by atoms with Crippen molar-refractivity contribution in [2.75, 3.05) is 24.3 Å². The summed E-state index contributed by atoms with van der Waals surface area (Å²) >= 11 is 0. The summed E-state index contributed by atoms with van der Waals surface area (Å²) in [4.78, 5) is 0. The van der Waals surface area contributed by atoms with Crippen LogP contribution in [0.4, 0.5) is 16.4 Å². The van der Waals surface area contributed by atoms with Crippen molar-refractivity contribution in [3.8, 4) is 0 Å². The van der Waals surface area contributed by atoms with E-state index in [1.54, 1.807) is 0 Å². The zero-order chi connectivity index (χ0) is 8.10. The van der Waals surface area contributed by atoms with Crippen LogP contribution < -0.4 is 11.1 Å². The fraction of sp³-hybridized carbons (Fsp3) is 0.600. The molecule has 0 saturated carbocycles. The van der Waals surface area contributed by atoms with E-state index in [1.807, 2.05) is 0 Å². The zero-order valence-electron chi connectivity index (χ0n) is 5.88. The van der Waals surface area contributed by atoms with Crippen LogP contribution in [0.1, 0.15) is 6.42 Å². The molecule has 6 heteroatoms. The predicted octanol–water partition coefficient (Wildman–Crippen LogP) is 0.423. The molecule has 0 aromatic carbocycles. The minimum atomic E-state index is -0.364. The van der Waals surface area contributed by atoms with Gasteiger partial charge in [0.25, 0.3) is 0 Å². The van der Waals surface area contributed by atoms with Crippen molar-refractivity contribution in [3.63, 3.8) is 0 Å². The van der Waals surface area contributed by atoms with E-state index in [9.17, 15) is 4.39 Å². The van der Waals surface area contributed by atoms with Gasteiger partial charge in [0.15, 0.2) is 0 Å². The Morgan fingerprint density at radius 2 is 2.36 bits per heavy atom. The van der Waals surface area contributed by atoms with E-state index < -0.39 is 0 Å². The van der Waals surface area contributed by atoms with Crippen LogP contribution in [0.15, 0.2) is 4.42 Å². The molecule has 5 nitrogen and oxygen atoms in total. The van der Waals surface area contributed by atoms with Crippen molar-refractivity contribution in [1.29, 1.82) is 0 Å². The molecule has 0 bridgehead atoms. The van der Waals surface area contributed by atoms with Crippen molar-refractivity contribution >= 4 is 12.0 Å². The lowest BCUT2D eigenvalue weighted by Crippen LogP contribution is -2.02. The molecular weight excluding hydrogens is 151 g/mol. The third-order valence-electron chi connectivity index (χ3n) is 1.03. The largest absolute Gasteiger partial charge is 0.390 e. The van der Waals surface area contributed by atoms with Crippen LogP contribution >= 0.6 is 0 Å². The standard InChI is InChI=1S/C5H9FN4O/c6-2-1-3-8-5-10-9-4(7)11-5/h1-3H2,(H2,7,9)(H,8,10). The van der Waals surface area contributed by atoms with E-state index >= 15 is 0 Å².